The van der Waals surface area contributed by atoms with Gasteiger partial charge in [-0.3, -0.25) is 0 Å². The summed E-state index contributed by atoms with van der Waals surface area (Å²) in [6, 6.07) is 0.406. The van der Waals surface area contributed by atoms with Crippen LogP contribution >= 0.6 is 0 Å². The number of nitrogens with zero attached hydrogens (tertiary/aromatic N) is 2. The van der Waals surface area contributed by atoms with Gasteiger partial charge in [0.2, 0.25) is 0 Å². The minimum atomic E-state index is 0.406. The van der Waals surface area contributed by atoms with Crippen LogP contribution in [0.15, 0.2) is 0 Å². The lowest BCUT2D eigenvalue weighted by atomic mass is 10.0. The van der Waals surface area contributed by atoms with E-state index in [1.54, 1.807) is 0 Å². The molecule has 1 heterocycles. The number of hydrogen-bond acceptors (Lipinski definition) is 5. The second-order valence-corrected chi connectivity index (χ2v) is 6.34. The van der Waals surface area contributed by atoms with Crippen LogP contribution in [-0.4, -0.2) is 16.0 Å². The highest BCUT2D eigenvalue weighted by atomic mass is 15.3. The van der Waals surface area contributed by atoms with Crippen molar-refractivity contribution in [2.24, 2.45) is 11.8 Å². The van der Waals surface area contributed by atoms with Crippen LogP contribution in [-0.2, 0) is 0 Å². The fourth-order valence-corrected chi connectivity index (χ4v) is 2.23. The van der Waals surface area contributed by atoms with Gasteiger partial charge in [0.25, 0.3) is 0 Å². The molecule has 4 N–H and O–H groups in total. The Morgan fingerprint density at radius 2 is 1.80 bits per heavy atom. The van der Waals surface area contributed by atoms with Gasteiger partial charge in [-0.25, -0.2) is 15.8 Å². The second kappa shape index (κ2) is 6.39. The molecule has 1 saturated carbocycles. The summed E-state index contributed by atoms with van der Waals surface area (Å²) in [5, 5.41) is 3.52. The van der Waals surface area contributed by atoms with Crippen LogP contribution in [0.2, 0.25) is 0 Å². The summed E-state index contributed by atoms with van der Waals surface area (Å²) in [6.07, 6.45) is 4.74. The van der Waals surface area contributed by atoms with Gasteiger partial charge in [-0.1, -0.05) is 13.8 Å². The lowest BCUT2D eigenvalue weighted by Gasteiger charge is -2.19. The van der Waals surface area contributed by atoms with Crippen LogP contribution in [0, 0.1) is 12.8 Å². The molecule has 0 aromatic carbocycles. The molecule has 1 aliphatic rings. The molecule has 1 fully saturated rings. The first-order chi connectivity index (χ1) is 9.51. The summed E-state index contributed by atoms with van der Waals surface area (Å²) in [4.78, 5) is 9.20. The van der Waals surface area contributed by atoms with Gasteiger partial charge in [-0.05, 0) is 45.4 Å². The number of rotatable bonds is 7. The maximum atomic E-state index is 5.57. The maximum Gasteiger partial charge on any atom is 0.148 e. The SMILES string of the molecule is Cc1c(NN)nc(C2CC2)nc1NC(C)CCC(C)C. The molecular weight excluding hydrogens is 250 g/mol. The molecule has 0 saturated heterocycles. The van der Waals surface area contributed by atoms with E-state index in [9.17, 15) is 0 Å². The minimum absolute atomic E-state index is 0.406. The molecule has 20 heavy (non-hydrogen) atoms. The summed E-state index contributed by atoms with van der Waals surface area (Å²) in [7, 11) is 0. The lowest BCUT2D eigenvalue weighted by molar-refractivity contribution is 0.527. The van der Waals surface area contributed by atoms with Crippen molar-refractivity contribution in [1.82, 2.24) is 9.97 Å². The predicted octanol–water partition coefficient (Wildman–Crippen LogP) is 3.18. The molecule has 1 aromatic heterocycles. The van der Waals surface area contributed by atoms with Crippen LogP contribution in [0.4, 0.5) is 11.6 Å². The molecule has 0 aliphatic heterocycles. The van der Waals surface area contributed by atoms with Crippen LogP contribution in [0.3, 0.4) is 0 Å². The van der Waals surface area contributed by atoms with Gasteiger partial charge >= 0.3 is 0 Å². The number of aromatic nitrogens is 2. The van der Waals surface area contributed by atoms with E-state index < -0.39 is 0 Å². The Balaban J connectivity index is 2.10. The van der Waals surface area contributed by atoms with Crippen LogP contribution < -0.4 is 16.6 Å². The molecule has 112 valence electrons. The lowest BCUT2D eigenvalue weighted by Crippen LogP contribution is -2.20. The first-order valence-electron chi connectivity index (χ1n) is 7.63. The Hall–Kier alpha value is -1.36. The molecule has 1 unspecified atom stereocenters. The summed E-state index contributed by atoms with van der Waals surface area (Å²) in [5.74, 6) is 9.40. The number of hydrogen-bond donors (Lipinski definition) is 3. The summed E-state index contributed by atoms with van der Waals surface area (Å²) in [6.45, 7) is 8.72. The van der Waals surface area contributed by atoms with E-state index in [1.165, 1.54) is 19.3 Å². The first kappa shape index (κ1) is 15.0. The van der Waals surface area contributed by atoms with Gasteiger partial charge in [0.05, 0.1) is 0 Å². The zero-order chi connectivity index (χ0) is 14.7. The van der Waals surface area contributed by atoms with E-state index in [0.717, 1.165) is 35.4 Å². The Morgan fingerprint density at radius 1 is 1.15 bits per heavy atom. The van der Waals surface area contributed by atoms with Gasteiger partial charge in [-0.2, -0.15) is 0 Å². The Morgan fingerprint density at radius 3 is 2.35 bits per heavy atom. The molecule has 0 spiro atoms. The number of anilines is 2. The zero-order valence-electron chi connectivity index (χ0n) is 13.0. The smallest absolute Gasteiger partial charge is 0.148 e. The molecular formula is C15H27N5. The number of nitrogens with two attached hydrogens (primary N) is 1. The Bertz CT molecular complexity index is 454. The monoisotopic (exact) mass is 277 g/mol. The average Bonchev–Trinajstić information content (AvgIpc) is 3.23. The van der Waals surface area contributed by atoms with Gasteiger partial charge in [-0.15, -0.1) is 0 Å². The first-order valence-corrected chi connectivity index (χ1v) is 7.63. The highest BCUT2D eigenvalue weighted by molar-refractivity contribution is 5.57. The average molecular weight is 277 g/mol. The number of hydrazine groups is 1. The van der Waals surface area contributed by atoms with E-state index in [-0.39, 0.29) is 0 Å². The van der Waals surface area contributed by atoms with Crippen LogP contribution in [0.5, 0.6) is 0 Å². The third-order valence-corrected chi connectivity index (χ3v) is 3.80. The Labute approximate surface area is 121 Å². The summed E-state index contributed by atoms with van der Waals surface area (Å²) in [5.41, 5.74) is 3.68. The molecule has 1 aliphatic carbocycles. The van der Waals surface area contributed by atoms with Gasteiger partial charge < -0.3 is 10.7 Å². The van der Waals surface area contributed by atoms with Crippen molar-refractivity contribution in [2.45, 2.75) is 65.3 Å². The minimum Gasteiger partial charge on any atom is -0.367 e. The van der Waals surface area contributed by atoms with Crippen molar-refractivity contribution in [3.05, 3.63) is 11.4 Å². The molecule has 2 rings (SSSR count). The van der Waals surface area contributed by atoms with Gasteiger partial charge in [0.1, 0.15) is 17.5 Å². The van der Waals surface area contributed by atoms with Crippen molar-refractivity contribution in [3.63, 3.8) is 0 Å². The van der Waals surface area contributed by atoms with E-state index in [0.29, 0.717) is 12.0 Å². The van der Waals surface area contributed by atoms with Crippen molar-refractivity contribution >= 4 is 11.6 Å². The molecule has 5 nitrogen and oxygen atoms in total. The fourth-order valence-electron chi connectivity index (χ4n) is 2.23. The standard InChI is InChI=1S/C15H27N5/c1-9(2)5-6-10(3)17-13-11(4)14(20-16)19-15(18-13)12-7-8-12/h9-10,12H,5-8,16H2,1-4H3,(H2,17,18,19,20). The molecule has 0 radical (unpaired) electrons. The van der Waals surface area contributed by atoms with E-state index in [2.05, 4.69) is 36.5 Å². The highest BCUT2D eigenvalue weighted by Gasteiger charge is 2.28. The quantitative estimate of drug-likeness (QED) is 0.527. The van der Waals surface area contributed by atoms with E-state index in [1.807, 2.05) is 6.92 Å². The number of nitrogen functional groups attached to an aromatic ring is 1. The predicted molar refractivity (Wildman–Crippen MR) is 83.7 cm³/mol. The second-order valence-electron chi connectivity index (χ2n) is 6.34. The van der Waals surface area contributed by atoms with E-state index >= 15 is 0 Å². The Kier molecular flexibility index (Phi) is 4.81. The van der Waals surface area contributed by atoms with Crippen LogP contribution in [0.1, 0.15) is 63.8 Å². The van der Waals surface area contributed by atoms with Crippen molar-refractivity contribution in [2.75, 3.05) is 10.7 Å². The normalized spacial score (nSPS) is 16.3. The van der Waals surface area contributed by atoms with Crippen molar-refractivity contribution < 1.29 is 0 Å². The maximum absolute atomic E-state index is 5.57. The summed E-state index contributed by atoms with van der Waals surface area (Å²) >= 11 is 0. The molecule has 1 aromatic rings. The number of nitrogens with one attached hydrogen (secondary N) is 2. The van der Waals surface area contributed by atoms with Crippen LogP contribution in [0.25, 0.3) is 0 Å². The fraction of sp³-hybridized carbons (Fsp3) is 0.733. The summed E-state index contributed by atoms with van der Waals surface area (Å²) < 4.78 is 0. The topological polar surface area (TPSA) is 75.9 Å². The molecule has 0 amide bonds. The zero-order valence-corrected chi connectivity index (χ0v) is 13.0. The molecule has 5 heteroatoms. The molecule has 1 atom stereocenters. The largest absolute Gasteiger partial charge is 0.367 e. The van der Waals surface area contributed by atoms with Crippen molar-refractivity contribution in [3.8, 4) is 0 Å². The van der Waals surface area contributed by atoms with Gasteiger partial charge in [0, 0.05) is 17.5 Å². The van der Waals surface area contributed by atoms with Crippen molar-refractivity contribution in [1.29, 1.82) is 0 Å². The highest BCUT2D eigenvalue weighted by Crippen LogP contribution is 2.39. The van der Waals surface area contributed by atoms with E-state index in [4.69, 9.17) is 10.8 Å². The van der Waals surface area contributed by atoms with Gasteiger partial charge in [0.15, 0.2) is 0 Å². The molecule has 0 bridgehead atoms. The third-order valence-electron chi connectivity index (χ3n) is 3.80. The third kappa shape index (κ3) is 3.82.